The second-order valence-corrected chi connectivity index (χ2v) is 3.98. The summed E-state index contributed by atoms with van der Waals surface area (Å²) in [5.74, 6) is -5.10. The highest BCUT2D eigenvalue weighted by Gasteiger charge is 2.17. The zero-order valence-electron chi connectivity index (χ0n) is 9.88. The lowest BCUT2D eigenvalue weighted by atomic mass is 10.1. The molecule has 0 aliphatic heterocycles. The SMILES string of the molecule is CC(NC(=O)c1cc(F)c(F)c(F)c1)c1cn[nH]c1. The molecule has 0 aliphatic carbocycles. The molecular formula is C12H10F3N3O. The first-order chi connectivity index (χ1) is 8.99. The van der Waals surface area contributed by atoms with Gasteiger partial charge in [-0.05, 0) is 19.1 Å². The van der Waals surface area contributed by atoms with E-state index in [2.05, 4.69) is 15.5 Å². The van der Waals surface area contributed by atoms with Crippen LogP contribution < -0.4 is 5.32 Å². The molecule has 0 aliphatic rings. The third-order valence-corrected chi connectivity index (χ3v) is 2.61. The van der Waals surface area contributed by atoms with Crippen molar-refractivity contribution < 1.29 is 18.0 Å². The Morgan fingerprint density at radius 2 is 1.95 bits per heavy atom. The zero-order chi connectivity index (χ0) is 14.0. The molecule has 4 nitrogen and oxygen atoms in total. The molecule has 1 unspecified atom stereocenters. The van der Waals surface area contributed by atoms with Crippen LogP contribution in [-0.2, 0) is 0 Å². The molecule has 1 amide bonds. The number of aromatic nitrogens is 2. The van der Waals surface area contributed by atoms with Crippen molar-refractivity contribution in [1.82, 2.24) is 15.5 Å². The van der Waals surface area contributed by atoms with Gasteiger partial charge in [-0.25, -0.2) is 13.2 Å². The first-order valence-electron chi connectivity index (χ1n) is 5.43. The highest BCUT2D eigenvalue weighted by Crippen LogP contribution is 2.15. The molecule has 2 aromatic rings. The Morgan fingerprint density at radius 1 is 1.32 bits per heavy atom. The summed E-state index contributed by atoms with van der Waals surface area (Å²) in [5, 5.41) is 8.81. The van der Waals surface area contributed by atoms with E-state index in [0.717, 1.165) is 0 Å². The van der Waals surface area contributed by atoms with E-state index in [0.29, 0.717) is 17.7 Å². The molecule has 0 saturated carbocycles. The van der Waals surface area contributed by atoms with E-state index in [9.17, 15) is 18.0 Å². The molecule has 1 heterocycles. The lowest BCUT2D eigenvalue weighted by molar-refractivity contribution is 0.0938. The summed E-state index contributed by atoms with van der Waals surface area (Å²) in [6, 6.07) is 0.897. The molecule has 7 heteroatoms. The van der Waals surface area contributed by atoms with Crippen molar-refractivity contribution in [2.45, 2.75) is 13.0 Å². The lowest BCUT2D eigenvalue weighted by Gasteiger charge is -2.12. The van der Waals surface area contributed by atoms with Gasteiger partial charge in [0.1, 0.15) is 0 Å². The van der Waals surface area contributed by atoms with Crippen molar-refractivity contribution in [2.24, 2.45) is 0 Å². The standard InChI is InChI=1S/C12H10F3N3O/c1-6(8-4-16-17-5-8)18-12(19)7-2-9(13)11(15)10(14)3-7/h2-6H,1H3,(H,16,17)(H,18,19). The van der Waals surface area contributed by atoms with Crippen molar-refractivity contribution in [1.29, 1.82) is 0 Å². The van der Waals surface area contributed by atoms with E-state index in [-0.39, 0.29) is 5.56 Å². The van der Waals surface area contributed by atoms with Gasteiger partial charge in [0, 0.05) is 17.3 Å². The first kappa shape index (κ1) is 13.1. The minimum atomic E-state index is -1.60. The molecular weight excluding hydrogens is 259 g/mol. The summed E-state index contributed by atoms with van der Waals surface area (Å²) >= 11 is 0. The number of nitrogens with one attached hydrogen (secondary N) is 2. The molecule has 2 rings (SSSR count). The molecule has 100 valence electrons. The molecule has 1 aromatic carbocycles. The van der Waals surface area contributed by atoms with Crippen LogP contribution in [0.15, 0.2) is 24.5 Å². The number of carbonyl (C=O) groups is 1. The second kappa shape index (κ2) is 5.13. The van der Waals surface area contributed by atoms with Crippen LogP contribution in [0.1, 0.15) is 28.9 Å². The fourth-order valence-corrected chi connectivity index (χ4v) is 1.55. The zero-order valence-corrected chi connectivity index (χ0v) is 9.88. The van der Waals surface area contributed by atoms with E-state index in [1.54, 1.807) is 13.1 Å². The van der Waals surface area contributed by atoms with Gasteiger partial charge in [0.25, 0.3) is 5.91 Å². The summed E-state index contributed by atoms with van der Waals surface area (Å²) in [5.41, 5.74) is 0.420. The molecule has 0 saturated heterocycles. The van der Waals surface area contributed by atoms with Gasteiger partial charge in [0.05, 0.1) is 12.2 Å². The van der Waals surface area contributed by atoms with Crippen LogP contribution in [0.2, 0.25) is 0 Å². The van der Waals surface area contributed by atoms with Gasteiger partial charge in [0.15, 0.2) is 17.5 Å². The Balaban J connectivity index is 2.16. The average Bonchev–Trinajstić information content (AvgIpc) is 2.89. The maximum absolute atomic E-state index is 13.0. The summed E-state index contributed by atoms with van der Waals surface area (Å²) in [4.78, 5) is 11.8. The van der Waals surface area contributed by atoms with Gasteiger partial charge in [-0.3, -0.25) is 9.89 Å². The summed E-state index contributed by atoms with van der Waals surface area (Å²) in [7, 11) is 0. The predicted octanol–water partition coefficient (Wildman–Crippen LogP) is 2.32. The number of hydrogen-bond donors (Lipinski definition) is 2. The Morgan fingerprint density at radius 3 is 2.47 bits per heavy atom. The van der Waals surface area contributed by atoms with E-state index >= 15 is 0 Å². The van der Waals surface area contributed by atoms with Crippen molar-refractivity contribution in [2.75, 3.05) is 0 Å². The summed E-state index contributed by atoms with van der Waals surface area (Å²) in [6.45, 7) is 1.68. The van der Waals surface area contributed by atoms with Crippen molar-refractivity contribution in [3.63, 3.8) is 0 Å². The van der Waals surface area contributed by atoms with Gasteiger partial charge >= 0.3 is 0 Å². The van der Waals surface area contributed by atoms with E-state index in [4.69, 9.17) is 0 Å². The quantitative estimate of drug-likeness (QED) is 0.840. The van der Waals surface area contributed by atoms with E-state index < -0.39 is 29.4 Å². The van der Waals surface area contributed by atoms with Crippen LogP contribution in [0.4, 0.5) is 13.2 Å². The van der Waals surface area contributed by atoms with Gasteiger partial charge < -0.3 is 5.32 Å². The smallest absolute Gasteiger partial charge is 0.251 e. The molecule has 2 N–H and O–H groups in total. The average molecular weight is 269 g/mol. The largest absolute Gasteiger partial charge is 0.345 e. The molecule has 0 spiro atoms. The monoisotopic (exact) mass is 269 g/mol. The number of halogens is 3. The van der Waals surface area contributed by atoms with Crippen LogP contribution in [0.25, 0.3) is 0 Å². The Bertz CT molecular complexity index is 575. The number of aromatic amines is 1. The van der Waals surface area contributed by atoms with Crippen LogP contribution in [0.5, 0.6) is 0 Å². The number of rotatable bonds is 3. The Kier molecular flexibility index (Phi) is 3.55. The summed E-state index contributed by atoms with van der Waals surface area (Å²) < 4.78 is 38.8. The van der Waals surface area contributed by atoms with Crippen LogP contribution in [0.3, 0.4) is 0 Å². The lowest BCUT2D eigenvalue weighted by Crippen LogP contribution is -2.26. The molecule has 1 aromatic heterocycles. The Labute approximate surface area is 106 Å². The molecule has 0 radical (unpaired) electrons. The number of amides is 1. The maximum atomic E-state index is 13.0. The number of carbonyl (C=O) groups excluding carboxylic acids is 1. The van der Waals surface area contributed by atoms with Gasteiger partial charge in [-0.15, -0.1) is 0 Å². The number of nitrogens with zero attached hydrogens (tertiary/aromatic N) is 1. The predicted molar refractivity (Wildman–Crippen MR) is 60.8 cm³/mol. The third kappa shape index (κ3) is 2.75. The van der Waals surface area contributed by atoms with Gasteiger partial charge in [-0.1, -0.05) is 0 Å². The minimum Gasteiger partial charge on any atom is -0.345 e. The van der Waals surface area contributed by atoms with Crippen molar-refractivity contribution in [3.8, 4) is 0 Å². The molecule has 19 heavy (non-hydrogen) atoms. The fraction of sp³-hybridized carbons (Fsp3) is 0.167. The van der Waals surface area contributed by atoms with Gasteiger partial charge in [-0.2, -0.15) is 5.10 Å². The van der Waals surface area contributed by atoms with Crippen molar-refractivity contribution in [3.05, 3.63) is 53.1 Å². The molecule has 0 fully saturated rings. The molecule has 0 bridgehead atoms. The van der Waals surface area contributed by atoms with E-state index in [1.807, 2.05) is 0 Å². The fourth-order valence-electron chi connectivity index (χ4n) is 1.55. The summed E-state index contributed by atoms with van der Waals surface area (Å²) in [6.07, 6.45) is 3.09. The maximum Gasteiger partial charge on any atom is 0.251 e. The number of benzene rings is 1. The van der Waals surface area contributed by atoms with E-state index in [1.165, 1.54) is 6.20 Å². The third-order valence-electron chi connectivity index (χ3n) is 2.61. The van der Waals surface area contributed by atoms with Gasteiger partial charge in [0.2, 0.25) is 0 Å². The molecule has 1 atom stereocenters. The highest BCUT2D eigenvalue weighted by molar-refractivity contribution is 5.94. The Hall–Kier alpha value is -2.31. The normalized spacial score (nSPS) is 12.2. The van der Waals surface area contributed by atoms with Crippen LogP contribution in [0, 0.1) is 17.5 Å². The van der Waals surface area contributed by atoms with Crippen LogP contribution in [-0.4, -0.2) is 16.1 Å². The van der Waals surface area contributed by atoms with Crippen molar-refractivity contribution >= 4 is 5.91 Å². The topological polar surface area (TPSA) is 57.8 Å². The first-order valence-corrected chi connectivity index (χ1v) is 5.43. The number of hydrogen-bond acceptors (Lipinski definition) is 2. The minimum absolute atomic E-state index is 0.285. The number of H-pyrrole nitrogens is 1. The second-order valence-electron chi connectivity index (χ2n) is 3.98. The van der Waals surface area contributed by atoms with Crippen LogP contribution >= 0.6 is 0 Å². The highest BCUT2D eigenvalue weighted by atomic mass is 19.2.